The van der Waals surface area contributed by atoms with Crippen molar-refractivity contribution in [3.8, 4) is 11.3 Å². The van der Waals surface area contributed by atoms with Crippen LogP contribution in [-0.4, -0.2) is 13.3 Å². The lowest BCUT2D eigenvalue weighted by Gasteiger charge is -2.06. The van der Waals surface area contributed by atoms with Gasteiger partial charge in [-0.3, -0.25) is 4.79 Å². The minimum Gasteiger partial charge on any atom is -0.453 e. The van der Waals surface area contributed by atoms with Gasteiger partial charge < -0.3 is 9.73 Å². The maximum absolute atomic E-state index is 13.1. The summed E-state index contributed by atoms with van der Waals surface area (Å²) in [6.45, 7) is 0. The van der Waals surface area contributed by atoms with E-state index in [-0.39, 0.29) is 11.6 Å². The van der Waals surface area contributed by atoms with Gasteiger partial charge in [0.15, 0.2) is 12.0 Å². The first-order valence-corrected chi connectivity index (χ1v) is 4.77. The highest BCUT2D eigenvalue weighted by atomic mass is 19.1. The summed E-state index contributed by atoms with van der Waals surface area (Å²) in [6.07, 6.45) is 0.613. The van der Waals surface area contributed by atoms with Gasteiger partial charge in [-0.25, -0.2) is 4.39 Å². The summed E-state index contributed by atoms with van der Waals surface area (Å²) in [5.74, 6) is 0.338. The fraction of sp³-hybridized carbons (Fsp3) is 0.0833. The highest BCUT2D eigenvalue weighted by Crippen LogP contribution is 2.29. The Morgan fingerprint density at radius 3 is 2.75 bits per heavy atom. The normalized spacial score (nSPS) is 10.1. The van der Waals surface area contributed by atoms with Crippen molar-refractivity contribution >= 4 is 12.0 Å². The van der Waals surface area contributed by atoms with Gasteiger partial charge in [0.05, 0.1) is 0 Å². The molecule has 1 aromatic heterocycles. The Kier molecular flexibility index (Phi) is 2.72. The zero-order valence-electron chi connectivity index (χ0n) is 8.66. The number of carbonyl (C=O) groups is 1. The summed E-state index contributed by atoms with van der Waals surface area (Å²) >= 11 is 0. The average Bonchev–Trinajstić information content (AvgIpc) is 2.77. The number of halogens is 1. The number of rotatable bonds is 3. The molecule has 0 aliphatic heterocycles. The monoisotopic (exact) mass is 219 g/mol. The molecule has 3 nitrogen and oxygen atoms in total. The van der Waals surface area contributed by atoms with Crippen LogP contribution in [0, 0.1) is 5.82 Å². The van der Waals surface area contributed by atoms with Crippen LogP contribution in [0.5, 0.6) is 0 Å². The average molecular weight is 219 g/mol. The molecule has 0 saturated heterocycles. The molecular weight excluding hydrogens is 209 g/mol. The van der Waals surface area contributed by atoms with Crippen LogP contribution in [-0.2, 0) is 0 Å². The highest BCUT2D eigenvalue weighted by Gasteiger charge is 2.09. The Labute approximate surface area is 91.9 Å². The molecule has 2 rings (SSSR count). The van der Waals surface area contributed by atoms with Gasteiger partial charge in [-0.1, -0.05) is 0 Å². The molecule has 0 atom stereocenters. The van der Waals surface area contributed by atoms with Crippen molar-refractivity contribution in [2.75, 3.05) is 12.4 Å². The van der Waals surface area contributed by atoms with Gasteiger partial charge in [0.2, 0.25) is 0 Å². The Morgan fingerprint density at radius 2 is 2.12 bits per heavy atom. The second kappa shape index (κ2) is 4.18. The standard InChI is InChI=1S/C12H10FNO2/c1-14-11-4-2-8(13)6-10(11)12-5-3-9(7-15)16-12/h2-7,14H,1H3. The van der Waals surface area contributed by atoms with Crippen LogP contribution in [0.25, 0.3) is 11.3 Å². The smallest absolute Gasteiger partial charge is 0.185 e. The fourth-order valence-electron chi connectivity index (χ4n) is 1.50. The largest absolute Gasteiger partial charge is 0.453 e. The molecule has 1 aromatic carbocycles. The van der Waals surface area contributed by atoms with Crippen molar-refractivity contribution in [2.45, 2.75) is 0 Å². The van der Waals surface area contributed by atoms with Gasteiger partial charge in [0, 0.05) is 18.3 Å². The predicted molar refractivity (Wildman–Crippen MR) is 59.0 cm³/mol. The number of benzene rings is 1. The number of nitrogens with one attached hydrogen (secondary N) is 1. The third-order valence-corrected chi connectivity index (χ3v) is 2.26. The molecule has 0 saturated carbocycles. The number of anilines is 1. The van der Waals surface area contributed by atoms with Gasteiger partial charge in [-0.05, 0) is 30.3 Å². The first-order chi connectivity index (χ1) is 7.74. The lowest BCUT2D eigenvalue weighted by Crippen LogP contribution is -1.92. The van der Waals surface area contributed by atoms with E-state index in [0.717, 1.165) is 5.69 Å². The first kappa shape index (κ1) is 10.4. The lowest BCUT2D eigenvalue weighted by atomic mass is 10.1. The summed E-state index contributed by atoms with van der Waals surface area (Å²) in [7, 11) is 1.74. The molecule has 0 aliphatic rings. The Morgan fingerprint density at radius 1 is 1.31 bits per heavy atom. The summed E-state index contributed by atoms with van der Waals surface area (Å²) in [4.78, 5) is 10.5. The Balaban J connectivity index is 2.53. The zero-order chi connectivity index (χ0) is 11.5. The van der Waals surface area contributed by atoms with Crippen molar-refractivity contribution in [3.63, 3.8) is 0 Å². The molecular formula is C12H10FNO2. The van der Waals surface area contributed by atoms with Crippen molar-refractivity contribution in [3.05, 3.63) is 41.9 Å². The second-order valence-electron chi connectivity index (χ2n) is 3.26. The molecule has 2 aromatic rings. The van der Waals surface area contributed by atoms with E-state index >= 15 is 0 Å². The van der Waals surface area contributed by atoms with E-state index in [9.17, 15) is 9.18 Å². The number of aldehydes is 1. The van der Waals surface area contributed by atoms with Crippen molar-refractivity contribution in [2.24, 2.45) is 0 Å². The predicted octanol–water partition coefficient (Wildman–Crippen LogP) is 2.94. The minimum atomic E-state index is -0.349. The molecule has 82 valence electrons. The molecule has 0 aliphatic carbocycles. The fourth-order valence-corrected chi connectivity index (χ4v) is 1.50. The van der Waals surface area contributed by atoms with Gasteiger partial charge in [0.25, 0.3) is 0 Å². The number of hydrogen-bond donors (Lipinski definition) is 1. The molecule has 1 heterocycles. The molecule has 16 heavy (non-hydrogen) atoms. The molecule has 4 heteroatoms. The van der Waals surface area contributed by atoms with E-state index in [2.05, 4.69) is 5.32 Å². The molecule has 0 spiro atoms. The van der Waals surface area contributed by atoms with Crippen LogP contribution in [0.3, 0.4) is 0 Å². The van der Waals surface area contributed by atoms with E-state index < -0.39 is 0 Å². The van der Waals surface area contributed by atoms with Gasteiger partial charge in [-0.2, -0.15) is 0 Å². The van der Waals surface area contributed by atoms with Crippen LogP contribution >= 0.6 is 0 Å². The molecule has 0 radical (unpaired) electrons. The van der Waals surface area contributed by atoms with Crippen molar-refractivity contribution < 1.29 is 13.6 Å². The number of hydrogen-bond acceptors (Lipinski definition) is 3. The number of carbonyl (C=O) groups excluding carboxylic acids is 1. The quantitative estimate of drug-likeness (QED) is 0.807. The zero-order valence-corrected chi connectivity index (χ0v) is 8.66. The van der Waals surface area contributed by atoms with Gasteiger partial charge in [-0.15, -0.1) is 0 Å². The molecule has 0 unspecified atom stereocenters. The SMILES string of the molecule is CNc1ccc(F)cc1-c1ccc(C=O)o1. The van der Waals surface area contributed by atoms with Crippen LogP contribution in [0.1, 0.15) is 10.6 Å². The highest BCUT2D eigenvalue weighted by molar-refractivity contribution is 5.77. The Bertz CT molecular complexity index is 519. The molecule has 1 N–H and O–H groups in total. The molecule has 0 amide bonds. The van der Waals surface area contributed by atoms with Crippen LogP contribution in [0.15, 0.2) is 34.7 Å². The molecule has 0 fully saturated rings. The lowest BCUT2D eigenvalue weighted by molar-refractivity contribution is 0.110. The summed E-state index contributed by atoms with van der Waals surface area (Å²) in [6, 6.07) is 7.53. The summed E-state index contributed by atoms with van der Waals surface area (Å²) < 4.78 is 18.4. The maximum atomic E-state index is 13.1. The van der Waals surface area contributed by atoms with E-state index in [1.807, 2.05) is 0 Å². The topological polar surface area (TPSA) is 42.2 Å². The van der Waals surface area contributed by atoms with Crippen LogP contribution in [0.2, 0.25) is 0 Å². The maximum Gasteiger partial charge on any atom is 0.185 e. The van der Waals surface area contributed by atoms with Gasteiger partial charge >= 0.3 is 0 Å². The van der Waals surface area contributed by atoms with Crippen LogP contribution < -0.4 is 5.32 Å². The summed E-state index contributed by atoms with van der Waals surface area (Å²) in [5, 5.41) is 2.93. The first-order valence-electron chi connectivity index (χ1n) is 4.77. The third kappa shape index (κ3) is 1.82. The number of furan rings is 1. The van der Waals surface area contributed by atoms with E-state index in [1.165, 1.54) is 12.1 Å². The third-order valence-electron chi connectivity index (χ3n) is 2.26. The van der Waals surface area contributed by atoms with Crippen molar-refractivity contribution in [1.82, 2.24) is 0 Å². The van der Waals surface area contributed by atoms with Crippen LogP contribution in [0.4, 0.5) is 10.1 Å². The summed E-state index contributed by atoms with van der Waals surface area (Å²) in [5.41, 5.74) is 1.34. The van der Waals surface area contributed by atoms with Crippen molar-refractivity contribution in [1.29, 1.82) is 0 Å². The molecule has 0 bridgehead atoms. The van der Waals surface area contributed by atoms with Gasteiger partial charge in [0.1, 0.15) is 11.6 Å². The Hall–Kier alpha value is -2.10. The second-order valence-corrected chi connectivity index (χ2v) is 3.26. The minimum absolute atomic E-state index is 0.223. The van der Waals surface area contributed by atoms with E-state index in [0.29, 0.717) is 17.6 Å². The van der Waals surface area contributed by atoms with E-state index in [1.54, 1.807) is 25.2 Å². The van der Waals surface area contributed by atoms with E-state index in [4.69, 9.17) is 4.42 Å².